The zero-order valence-corrected chi connectivity index (χ0v) is 18.8. The number of H-pyrrole nitrogens is 1. The van der Waals surface area contributed by atoms with Gasteiger partial charge in [0.25, 0.3) is 0 Å². The summed E-state index contributed by atoms with van der Waals surface area (Å²) in [6.45, 7) is 7.09. The average molecular weight is 445 g/mol. The van der Waals surface area contributed by atoms with E-state index in [2.05, 4.69) is 21.3 Å². The maximum Gasteiger partial charge on any atom is 0.219 e. The van der Waals surface area contributed by atoms with E-state index in [-0.39, 0.29) is 5.91 Å². The van der Waals surface area contributed by atoms with Crippen molar-refractivity contribution in [3.05, 3.63) is 60.9 Å². The fourth-order valence-electron chi connectivity index (χ4n) is 4.23. The van der Waals surface area contributed by atoms with E-state index in [1.807, 2.05) is 58.1 Å². The Labute approximate surface area is 192 Å². The smallest absolute Gasteiger partial charge is 0.219 e. The Kier molecular flexibility index (Phi) is 6.08. The molecule has 5 rings (SSSR count). The molecule has 0 unspecified atom stereocenters. The van der Waals surface area contributed by atoms with Gasteiger partial charge in [-0.2, -0.15) is 10.2 Å². The van der Waals surface area contributed by atoms with Crippen molar-refractivity contribution in [3.8, 4) is 22.8 Å². The van der Waals surface area contributed by atoms with E-state index < -0.39 is 0 Å². The lowest BCUT2D eigenvalue weighted by atomic mass is 10.1. The van der Waals surface area contributed by atoms with Crippen molar-refractivity contribution >= 4 is 16.8 Å². The van der Waals surface area contributed by atoms with E-state index in [9.17, 15) is 4.79 Å². The Morgan fingerprint density at radius 1 is 1.00 bits per heavy atom. The second-order valence-electron chi connectivity index (χ2n) is 8.41. The van der Waals surface area contributed by atoms with Crippen LogP contribution in [0.1, 0.15) is 13.3 Å². The molecule has 0 spiro atoms. The van der Waals surface area contributed by atoms with Gasteiger partial charge in [0.15, 0.2) is 0 Å². The van der Waals surface area contributed by atoms with Gasteiger partial charge in [-0.25, -0.2) is 0 Å². The molecule has 0 radical (unpaired) electrons. The van der Waals surface area contributed by atoms with Gasteiger partial charge < -0.3 is 9.64 Å². The average Bonchev–Trinajstić information content (AvgIpc) is 3.50. The number of aryl methyl sites for hydroxylation is 1. The maximum absolute atomic E-state index is 11.5. The van der Waals surface area contributed by atoms with E-state index in [1.165, 1.54) is 0 Å². The summed E-state index contributed by atoms with van der Waals surface area (Å²) in [4.78, 5) is 15.8. The SMILES string of the molecule is CC(=O)N1CCN(CCCn2cc3cc(Oc4ccc(-c5ccn[nH]5)cc4)ccc3n2)CC1. The van der Waals surface area contributed by atoms with Crippen LogP contribution in [0, 0.1) is 0 Å². The Bertz CT molecular complexity index is 1210. The number of piperazine rings is 1. The molecule has 2 aromatic heterocycles. The number of aromatic nitrogens is 4. The van der Waals surface area contributed by atoms with E-state index >= 15 is 0 Å². The van der Waals surface area contributed by atoms with Crippen molar-refractivity contribution in [1.29, 1.82) is 0 Å². The fraction of sp³-hybridized carbons (Fsp3) is 0.320. The van der Waals surface area contributed by atoms with Gasteiger partial charge in [0.05, 0.1) is 11.2 Å². The highest BCUT2D eigenvalue weighted by atomic mass is 16.5. The summed E-state index contributed by atoms with van der Waals surface area (Å²) in [6.07, 6.45) is 4.85. The molecule has 4 aromatic rings. The molecule has 1 fully saturated rings. The van der Waals surface area contributed by atoms with Crippen molar-refractivity contribution < 1.29 is 9.53 Å². The standard InChI is InChI=1S/C25H28N6O2/c1-19(32)30-15-13-29(14-16-30)11-2-12-31-18-21-17-23(7-8-25(21)28-31)33-22-5-3-20(4-6-22)24-9-10-26-27-24/h3-10,17-18H,2,11-16H2,1H3,(H,26,27). The van der Waals surface area contributed by atoms with Gasteiger partial charge in [0, 0.05) is 64.0 Å². The summed E-state index contributed by atoms with van der Waals surface area (Å²) in [7, 11) is 0. The van der Waals surface area contributed by atoms with Crippen molar-refractivity contribution in [2.75, 3.05) is 32.7 Å². The van der Waals surface area contributed by atoms with Crippen LogP contribution >= 0.6 is 0 Å². The minimum Gasteiger partial charge on any atom is -0.457 e. The van der Waals surface area contributed by atoms with E-state index in [1.54, 1.807) is 13.1 Å². The Balaban J connectivity index is 1.16. The van der Waals surface area contributed by atoms with Crippen molar-refractivity contribution in [3.63, 3.8) is 0 Å². The number of hydrogen-bond donors (Lipinski definition) is 1. The highest BCUT2D eigenvalue weighted by Crippen LogP contribution is 2.27. The van der Waals surface area contributed by atoms with Gasteiger partial charge in [0.2, 0.25) is 5.91 Å². The molecule has 3 heterocycles. The number of fused-ring (bicyclic) bond motifs is 1. The molecule has 8 nitrogen and oxygen atoms in total. The van der Waals surface area contributed by atoms with Gasteiger partial charge in [-0.05, 0) is 60.5 Å². The van der Waals surface area contributed by atoms with Crippen LogP contribution in [0.15, 0.2) is 60.9 Å². The first-order chi connectivity index (χ1) is 16.1. The molecule has 0 aliphatic carbocycles. The fourth-order valence-corrected chi connectivity index (χ4v) is 4.23. The number of nitrogens with zero attached hydrogens (tertiary/aromatic N) is 5. The van der Waals surface area contributed by atoms with Crippen molar-refractivity contribution in [2.24, 2.45) is 0 Å². The third-order valence-electron chi connectivity index (χ3n) is 6.10. The summed E-state index contributed by atoms with van der Waals surface area (Å²) in [5.41, 5.74) is 3.01. The number of amides is 1. The van der Waals surface area contributed by atoms with Crippen molar-refractivity contribution in [1.82, 2.24) is 29.8 Å². The minimum atomic E-state index is 0.173. The van der Waals surface area contributed by atoms with Crippen molar-refractivity contribution in [2.45, 2.75) is 19.9 Å². The van der Waals surface area contributed by atoms with Crippen LogP contribution in [-0.4, -0.2) is 68.4 Å². The second kappa shape index (κ2) is 9.46. The number of hydrogen-bond acceptors (Lipinski definition) is 5. The minimum absolute atomic E-state index is 0.173. The van der Waals surface area contributed by atoms with Crippen LogP contribution in [0.3, 0.4) is 0 Å². The number of rotatable bonds is 7. The largest absolute Gasteiger partial charge is 0.457 e. The van der Waals surface area contributed by atoms with Gasteiger partial charge in [-0.1, -0.05) is 0 Å². The predicted molar refractivity (Wildman–Crippen MR) is 127 cm³/mol. The second-order valence-corrected chi connectivity index (χ2v) is 8.41. The molecule has 0 saturated carbocycles. The normalized spacial score (nSPS) is 14.6. The van der Waals surface area contributed by atoms with Gasteiger partial charge in [0.1, 0.15) is 11.5 Å². The van der Waals surface area contributed by atoms with Crippen LogP contribution in [0.4, 0.5) is 0 Å². The van der Waals surface area contributed by atoms with E-state index in [0.717, 1.165) is 79.3 Å². The molecule has 1 aliphatic heterocycles. The van der Waals surface area contributed by atoms with Gasteiger partial charge in [-0.3, -0.25) is 19.5 Å². The third kappa shape index (κ3) is 5.06. The molecule has 2 aromatic carbocycles. The summed E-state index contributed by atoms with van der Waals surface area (Å²) in [5, 5.41) is 12.7. The summed E-state index contributed by atoms with van der Waals surface area (Å²) in [6, 6.07) is 15.9. The third-order valence-corrected chi connectivity index (χ3v) is 6.10. The zero-order chi connectivity index (χ0) is 22.6. The monoisotopic (exact) mass is 444 g/mol. The number of carbonyl (C=O) groups is 1. The van der Waals surface area contributed by atoms with Crippen LogP contribution in [0.2, 0.25) is 0 Å². The molecule has 170 valence electrons. The zero-order valence-electron chi connectivity index (χ0n) is 18.8. The molecular formula is C25H28N6O2. The number of aromatic amines is 1. The molecule has 1 N–H and O–H groups in total. The van der Waals surface area contributed by atoms with E-state index in [0.29, 0.717) is 0 Å². The highest BCUT2D eigenvalue weighted by molar-refractivity contribution is 5.79. The maximum atomic E-state index is 11.5. The number of carbonyl (C=O) groups excluding carboxylic acids is 1. The highest BCUT2D eigenvalue weighted by Gasteiger charge is 2.17. The lowest BCUT2D eigenvalue weighted by molar-refractivity contribution is -0.130. The van der Waals surface area contributed by atoms with Crippen LogP contribution in [0.5, 0.6) is 11.5 Å². The first-order valence-electron chi connectivity index (χ1n) is 11.4. The van der Waals surface area contributed by atoms with Gasteiger partial charge in [-0.15, -0.1) is 0 Å². The Morgan fingerprint density at radius 3 is 2.52 bits per heavy atom. The van der Waals surface area contributed by atoms with Crippen LogP contribution in [-0.2, 0) is 11.3 Å². The van der Waals surface area contributed by atoms with Gasteiger partial charge >= 0.3 is 0 Å². The molecule has 33 heavy (non-hydrogen) atoms. The Morgan fingerprint density at radius 2 is 1.79 bits per heavy atom. The Hall–Kier alpha value is -3.65. The lowest BCUT2D eigenvalue weighted by Crippen LogP contribution is -2.48. The molecule has 1 amide bonds. The molecule has 1 aliphatic rings. The first kappa shape index (κ1) is 21.2. The van der Waals surface area contributed by atoms with Crippen LogP contribution in [0.25, 0.3) is 22.2 Å². The summed E-state index contributed by atoms with van der Waals surface area (Å²) in [5.74, 6) is 1.75. The number of benzene rings is 2. The summed E-state index contributed by atoms with van der Waals surface area (Å²) < 4.78 is 8.07. The summed E-state index contributed by atoms with van der Waals surface area (Å²) >= 11 is 0. The molecule has 0 atom stereocenters. The molecule has 8 heteroatoms. The first-order valence-corrected chi connectivity index (χ1v) is 11.4. The van der Waals surface area contributed by atoms with E-state index in [4.69, 9.17) is 9.84 Å². The predicted octanol–water partition coefficient (Wildman–Crippen LogP) is 3.77. The molecule has 1 saturated heterocycles. The quantitative estimate of drug-likeness (QED) is 0.469. The van der Waals surface area contributed by atoms with Crippen LogP contribution < -0.4 is 4.74 Å². The topological polar surface area (TPSA) is 79.3 Å². The lowest BCUT2D eigenvalue weighted by Gasteiger charge is -2.34. The number of ether oxygens (including phenoxy) is 1. The number of nitrogens with one attached hydrogen (secondary N) is 1. The molecular weight excluding hydrogens is 416 g/mol. The molecule has 0 bridgehead atoms.